The highest BCUT2D eigenvalue weighted by atomic mass is 32.1. The van der Waals surface area contributed by atoms with E-state index >= 15 is 0 Å². The molecule has 3 fully saturated rings. The third kappa shape index (κ3) is 9.00. The Morgan fingerprint density at radius 1 is 1.11 bits per heavy atom. The van der Waals surface area contributed by atoms with Gasteiger partial charge in [0.1, 0.15) is 24.4 Å². The summed E-state index contributed by atoms with van der Waals surface area (Å²) >= 11 is 1.42. The van der Waals surface area contributed by atoms with Crippen molar-refractivity contribution in [2.75, 3.05) is 64.5 Å². The Morgan fingerprint density at radius 3 is 2.62 bits per heavy atom. The van der Waals surface area contributed by atoms with Gasteiger partial charge in [0.2, 0.25) is 5.91 Å². The van der Waals surface area contributed by atoms with Crippen molar-refractivity contribution in [3.63, 3.8) is 0 Å². The molecule has 0 spiro atoms. The lowest BCUT2D eigenvalue weighted by Crippen LogP contribution is -2.60. The number of hydrogen-bond acceptors (Lipinski definition) is 12. The number of esters is 1. The predicted octanol–water partition coefficient (Wildman–Crippen LogP) is 5.92. The Kier molecular flexibility index (Phi) is 11.7. The van der Waals surface area contributed by atoms with Gasteiger partial charge in [-0.1, -0.05) is 20.8 Å². The molecule has 0 radical (unpaired) electrons. The summed E-state index contributed by atoms with van der Waals surface area (Å²) in [5.74, 6) is -0.132. The Morgan fingerprint density at radius 2 is 1.89 bits per heavy atom. The second-order valence-electron chi connectivity index (χ2n) is 18.6. The van der Waals surface area contributed by atoms with Gasteiger partial charge in [0.05, 0.1) is 65.3 Å². The first kappa shape index (κ1) is 43.5. The molecule has 338 valence electrons. The van der Waals surface area contributed by atoms with E-state index < -0.39 is 42.3 Å². The summed E-state index contributed by atoms with van der Waals surface area (Å²) in [4.78, 5) is 54.9. The molecule has 5 atom stereocenters. The lowest BCUT2D eigenvalue weighted by Gasteiger charge is -2.36. The van der Waals surface area contributed by atoms with Crippen LogP contribution >= 0.6 is 11.3 Å². The normalized spacial score (nSPS) is 24.7. The molecule has 6 bridgehead atoms. The van der Waals surface area contributed by atoms with Crippen LogP contribution < -0.4 is 20.4 Å². The van der Waals surface area contributed by atoms with Crippen LogP contribution in [0.4, 0.5) is 18.9 Å². The molecule has 4 aliphatic heterocycles. The smallest absolute Gasteiger partial charge is 0.401 e. The van der Waals surface area contributed by atoms with Gasteiger partial charge in [-0.15, -0.1) is 11.3 Å². The Balaban J connectivity index is 1.16. The van der Waals surface area contributed by atoms with Gasteiger partial charge >= 0.3 is 12.1 Å². The number of ether oxygens (including phenoxy) is 3. The molecular weight excluding hydrogens is 838 g/mol. The Hall–Kier alpha value is -4.78. The number of alkyl halides is 3. The topological polar surface area (TPSA) is 143 Å². The lowest BCUT2D eigenvalue weighted by atomic mass is 9.84. The first-order valence-corrected chi connectivity index (χ1v) is 22.8. The van der Waals surface area contributed by atoms with Crippen molar-refractivity contribution in [1.29, 1.82) is 0 Å². The third-order valence-corrected chi connectivity index (χ3v) is 14.0. The zero-order valence-electron chi connectivity index (χ0n) is 36.3. The summed E-state index contributed by atoms with van der Waals surface area (Å²) in [6, 6.07) is 4.58. The van der Waals surface area contributed by atoms with Crippen molar-refractivity contribution >= 4 is 45.7 Å². The van der Waals surface area contributed by atoms with E-state index in [0.29, 0.717) is 74.2 Å². The van der Waals surface area contributed by atoms with Crippen molar-refractivity contribution in [2.45, 2.75) is 90.7 Å². The number of nitrogens with one attached hydrogen (secondary N) is 2. The highest BCUT2D eigenvalue weighted by Gasteiger charge is 2.42. The van der Waals surface area contributed by atoms with Gasteiger partial charge in [-0.3, -0.25) is 29.3 Å². The highest BCUT2D eigenvalue weighted by molar-refractivity contribution is 7.10. The fraction of sp³-hybridized carbons (Fsp3) is 0.578. The molecule has 5 aliphatic rings. The molecule has 2 amide bonds. The molecule has 1 aromatic carbocycles. The molecule has 1 aliphatic carbocycles. The maximum Gasteiger partial charge on any atom is 0.401 e. The first-order valence-electron chi connectivity index (χ1n) is 21.9. The zero-order valence-corrected chi connectivity index (χ0v) is 37.2. The first-order chi connectivity index (χ1) is 30.1. The summed E-state index contributed by atoms with van der Waals surface area (Å²) in [6.45, 7) is 9.91. The van der Waals surface area contributed by atoms with E-state index in [1.165, 1.54) is 21.2 Å². The van der Waals surface area contributed by atoms with Crippen LogP contribution in [0.25, 0.3) is 33.4 Å². The SMILES string of the molecule is CO[C@@H](C)c1ncc(N2CCN(CC(F)(F)F)CC2)cc1-c1c2c3cc(cc4c3n1CCO4)-c1csc(n1)C[C@H](NC(=O)[C@H]1C[C@@H]1C)C(=O)N1CCC[C@H](N1)C(=O)OCC(C)(C)C2. The average Bonchev–Trinajstić information content (AvgIpc) is 3.68. The van der Waals surface area contributed by atoms with Crippen LogP contribution in [0.2, 0.25) is 0 Å². The van der Waals surface area contributed by atoms with E-state index in [1.807, 2.05) is 25.3 Å². The van der Waals surface area contributed by atoms with E-state index in [2.05, 4.69) is 46.2 Å². The molecule has 1 saturated carbocycles. The highest BCUT2D eigenvalue weighted by Crippen LogP contribution is 2.47. The molecule has 0 unspecified atom stereocenters. The fourth-order valence-corrected chi connectivity index (χ4v) is 10.3. The van der Waals surface area contributed by atoms with E-state index in [-0.39, 0.29) is 49.8 Å². The van der Waals surface area contributed by atoms with Gasteiger partial charge in [0, 0.05) is 79.5 Å². The van der Waals surface area contributed by atoms with Gasteiger partial charge in [0.15, 0.2) is 0 Å². The molecule has 18 heteroatoms. The number of piperazine rings is 1. The van der Waals surface area contributed by atoms with Crippen molar-refractivity contribution in [1.82, 2.24) is 35.2 Å². The van der Waals surface area contributed by atoms with Gasteiger partial charge in [-0.25, -0.2) is 10.4 Å². The molecule has 7 heterocycles. The number of hydrazine groups is 1. The molecule has 14 nitrogen and oxygen atoms in total. The van der Waals surface area contributed by atoms with E-state index in [1.54, 1.807) is 13.3 Å². The molecule has 9 rings (SSSR count). The number of cyclic esters (lactones) is 1. The predicted molar refractivity (Wildman–Crippen MR) is 231 cm³/mol. The lowest BCUT2D eigenvalue weighted by molar-refractivity contribution is -0.155. The third-order valence-electron chi connectivity index (χ3n) is 13.1. The summed E-state index contributed by atoms with van der Waals surface area (Å²) in [7, 11) is 1.64. The maximum absolute atomic E-state index is 14.2. The summed E-state index contributed by atoms with van der Waals surface area (Å²) in [6.07, 6.45) is -0.380. The molecule has 63 heavy (non-hydrogen) atoms. The van der Waals surface area contributed by atoms with Crippen LogP contribution in [0.1, 0.15) is 69.3 Å². The number of halogens is 3. The van der Waals surface area contributed by atoms with Crippen LogP contribution in [0.5, 0.6) is 5.75 Å². The monoisotopic (exact) mass is 892 g/mol. The number of fused-ring (bicyclic) bond motifs is 6. The minimum absolute atomic E-state index is 0.0860. The second-order valence-corrected chi connectivity index (χ2v) is 19.5. The molecule has 2 saturated heterocycles. The van der Waals surface area contributed by atoms with Crippen molar-refractivity contribution in [3.05, 3.63) is 46.0 Å². The number of anilines is 1. The van der Waals surface area contributed by atoms with Crippen molar-refractivity contribution in [3.8, 4) is 28.3 Å². The van der Waals surface area contributed by atoms with Gasteiger partial charge in [-0.2, -0.15) is 13.2 Å². The molecular formula is C45H55F3N8O6S. The standard InChI is InChI=1S/C45H55F3N8O6S/c1-25-15-29(25)41(57)51-34-19-37-50-35(22-63-37)27-16-30-32(20-44(3,4)24-62-43(59)33-7-6-8-56(52-33)42(34)58)39(55-13-14-61-36(17-27)40(30)55)31-18-28(21-49-38(31)26(2)60-5)54-11-9-53(10-12-54)23-45(46,47)48/h16-18,21-22,25-26,29,33-34,52H,6-15,19-20,23-24H2,1-5H3,(H,51,57)/t25-,26-,29-,33-,34-/m0/s1. The Bertz CT molecular complexity index is 2410. The number of aromatic nitrogens is 3. The number of benzene rings is 1. The summed E-state index contributed by atoms with van der Waals surface area (Å²) in [5.41, 5.74) is 9.27. The van der Waals surface area contributed by atoms with Gasteiger partial charge in [0.25, 0.3) is 5.91 Å². The van der Waals surface area contributed by atoms with Crippen LogP contribution in [0.15, 0.2) is 29.8 Å². The Labute approximate surface area is 368 Å². The number of carbonyl (C=O) groups excluding carboxylic acids is 3. The number of amides is 2. The maximum atomic E-state index is 14.2. The molecule has 3 aromatic heterocycles. The molecule has 2 N–H and O–H groups in total. The molecule has 4 aromatic rings. The summed E-state index contributed by atoms with van der Waals surface area (Å²) in [5, 5.41) is 8.07. The second kappa shape index (κ2) is 17.0. The van der Waals surface area contributed by atoms with Gasteiger partial charge in [-0.05, 0) is 62.3 Å². The summed E-state index contributed by atoms with van der Waals surface area (Å²) < 4.78 is 60.6. The zero-order chi connectivity index (χ0) is 44.4. The van der Waals surface area contributed by atoms with Gasteiger partial charge < -0.3 is 29.0 Å². The average molecular weight is 893 g/mol. The quantitative estimate of drug-likeness (QED) is 0.214. The minimum Gasteiger partial charge on any atom is -0.489 e. The number of thiazole rings is 1. The van der Waals surface area contributed by atoms with E-state index in [9.17, 15) is 27.6 Å². The van der Waals surface area contributed by atoms with Crippen LogP contribution in [0, 0.1) is 17.3 Å². The number of rotatable bonds is 7. The minimum atomic E-state index is -4.27. The largest absolute Gasteiger partial charge is 0.489 e. The van der Waals surface area contributed by atoms with Crippen LogP contribution in [0.3, 0.4) is 0 Å². The number of hydrogen-bond donors (Lipinski definition) is 2. The number of carbonyl (C=O) groups is 3. The van der Waals surface area contributed by atoms with E-state index in [4.69, 9.17) is 24.2 Å². The van der Waals surface area contributed by atoms with Crippen molar-refractivity contribution in [2.24, 2.45) is 17.3 Å². The van der Waals surface area contributed by atoms with Crippen LogP contribution in [-0.4, -0.2) is 120 Å². The van der Waals surface area contributed by atoms with Crippen LogP contribution in [-0.2, 0) is 43.2 Å². The number of nitrogens with zero attached hydrogens (tertiary/aromatic N) is 6. The fourth-order valence-electron chi connectivity index (χ4n) is 9.49. The number of methoxy groups -OCH3 is 1. The van der Waals surface area contributed by atoms with E-state index in [0.717, 1.165) is 45.4 Å². The number of pyridine rings is 1. The van der Waals surface area contributed by atoms with Crippen molar-refractivity contribution < 1.29 is 41.8 Å².